The maximum atomic E-state index is 6.34. The first-order chi connectivity index (χ1) is 16.2. The van der Waals surface area contributed by atoms with Crippen LogP contribution < -0.4 is 0 Å². The predicted molar refractivity (Wildman–Crippen MR) is 149 cm³/mol. The highest BCUT2D eigenvalue weighted by atomic mass is 79.9. The first-order valence-corrected chi connectivity index (χ1v) is 13.0. The van der Waals surface area contributed by atoms with Gasteiger partial charge in [0.05, 0.1) is 3.79 Å². The molecule has 0 saturated carbocycles. The summed E-state index contributed by atoms with van der Waals surface area (Å²) in [5.74, 6) is 0. The molecule has 0 N–H and O–H groups in total. The Labute approximate surface area is 211 Å². The van der Waals surface area contributed by atoms with Gasteiger partial charge >= 0.3 is 0 Å². The Kier molecular flexibility index (Phi) is 5.46. The van der Waals surface area contributed by atoms with E-state index in [9.17, 15) is 0 Å². The van der Waals surface area contributed by atoms with E-state index < -0.39 is 0 Å². The lowest BCUT2D eigenvalue weighted by Gasteiger charge is -2.20. The van der Waals surface area contributed by atoms with Crippen LogP contribution in [0, 0.1) is 0 Å². The SMILES string of the molecule is ClC1=CC=C(c2c(-c3ccccc3)c3sc(Br)c(-c4ccccc4)c3c3ccccc23)CC1. The second kappa shape index (κ2) is 8.61. The Bertz CT molecular complexity index is 1560. The molecule has 0 saturated heterocycles. The van der Waals surface area contributed by atoms with Crippen molar-refractivity contribution in [1.82, 2.24) is 0 Å². The van der Waals surface area contributed by atoms with E-state index in [-0.39, 0.29) is 0 Å². The van der Waals surface area contributed by atoms with Gasteiger partial charge < -0.3 is 0 Å². The molecule has 0 fully saturated rings. The van der Waals surface area contributed by atoms with Crippen molar-refractivity contribution in [2.75, 3.05) is 0 Å². The number of hydrogen-bond donors (Lipinski definition) is 0. The van der Waals surface area contributed by atoms with Crippen LogP contribution in [0.25, 0.3) is 48.7 Å². The quantitative estimate of drug-likeness (QED) is 0.219. The molecule has 0 aliphatic heterocycles. The first-order valence-electron chi connectivity index (χ1n) is 11.1. The Morgan fingerprint density at radius 1 is 0.636 bits per heavy atom. The van der Waals surface area contributed by atoms with Crippen molar-refractivity contribution in [3.63, 3.8) is 0 Å². The monoisotopic (exact) mass is 526 g/mol. The van der Waals surface area contributed by atoms with Crippen LogP contribution in [0.1, 0.15) is 18.4 Å². The molecular weight excluding hydrogens is 508 g/mol. The highest BCUT2D eigenvalue weighted by molar-refractivity contribution is 9.11. The van der Waals surface area contributed by atoms with Crippen molar-refractivity contribution < 1.29 is 0 Å². The van der Waals surface area contributed by atoms with Crippen LogP contribution in [0.15, 0.2) is 106 Å². The largest absolute Gasteiger partial charge is 0.127 e. The second-order valence-corrected chi connectivity index (χ2v) is 11.1. The van der Waals surface area contributed by atoms with E-state index in [0.29, 0.717) is 0 Å². The lowest BCUT2D eigenvalue weighted by molar-refractivity contribution is 1.04. The van der Waals surface area contributed by atoms with Crippen molar-refractivity contribution >= 4 is 65.3 Å². The molecule has 0 unspecified atom stereocenters. The topological polar surface area (TPSA) is 0 Å². The van der Waals surface area contributed by atoms with E-state index in [1.165, 1.54) is 58.0 Å². The van der Waals surface area contributed by atoms with Crippen LogP contribution in [0.2, 0.25) is 0 Å². The van der Waals surface area contributed by atoms with Gasteiger partial charge in [-0.3, -0.25) is 0 Å². The fourth-order valence-electron chi connectivity index (χ4n) is 4.90. The molecule has 1 aromatic heterocycles. The van der Waals surface area contributed by atoms with Crippen molar-refractivity contribution in [2.45, 2.75) is 12.8 Å². The molecule has 1 aliphatic rings. The lowest BCUT2D eigenvalue weighted by Crippen LogP contribution is -1.96. The molecule has 0 radical (unpaired) electrons. The molecule has 6 rings (SSSR count). The third-order valence-corrected chi connectivity index (χ3v) is 8.55. The zero-order valence-electron chi connectivity index (χ0n) is 17.8. The van der Waals surface area contributed by atoms with Gasteiger partial charge in [-0.1, -0.05) is 103 Å². The normalized spacial score (nSPS) is 13.9. The summed E-state index contributed by atoms with van der Waals surface area (Å²) in [6.45, 7) is 0. The number of rotatable bonds is 3. The minimum absolute atomic E-state index is 0.886. The smallest absolute Gasteiger partial charge is 0.0789 e. The van der Waals surface area contributed by atoms with Crippen LogP contribution >= 0.6 is 38.9 Å². The fraction of sp³-hybridized carbons (Fsp3) is 0.0667. The Morgan fingerprint density at radius 2 is 1.24 bits per heavy atom. The van der Waals surface area contributed by atoms with Crippen molar-refractivity contribution in [2.24, 2.45) is 0 Å². The number of fused-ring (bicyclic) bond motifs is 3. The zero-order valence-corrected chi connectivity index (χ0v) is 21.0. The number of halogens is 2. The Morgan fingerprint density at radius 3 is 1.88 bits per heavy atom. The summed E-state index contributed by atoms with van der Waals surface area (Å²) in [5, 5.41) is 4.84. The second-order valence-electron chi connectivity index (χ2n) is 8.29. The highest BCUT2D eigenvalue weighted by Crippen LogP contribution is 2.52. The van der Waals surface area contributed by atoms with E-state index in [1.54, 1.807) is 0 Å². The van der Waals surface area contributed by atoms with Gasteiger partial charge in [-0.2, -0.15) is 0 Å². The maximum absolute atomic E-state index is 6.34. The molecule has 1 aliphatic carbocycles. The summed E-state index contributed by atoms with van der Waals surface area (Å²) in [5.41, 5.74) is 7.75. The highest BCUT2D eigenvalue weighted by Gasteiger charge is 2.24. The molecule has 0 bridgehead atoms. The molecule has 5 aromatic rings. The van der Waals surface area contributed by atoms with Gasteiger partial charge in [0.15, 0.2) is 0 Å². The fourth-order valence-corrected chi connectivity index (χ4v) is 7.11. The number of allylic oxidation sites excluding steroid dienone is 4. The molecule has 0 amide bonds. The van der Waals surface area contributed by atoms with Crippen molar-refractivity contribution in [1.29, 1.82) is 0 Å². The average Bonchev–Trinajstić information content (AvgIpc) is 3.21. The third kappa shape index (κ3) is 3.58. The van der Waals surface area contributed by atoms with Crippen LogP contribution in [0.3, 0.4) is 0 Å². The van der Waals surface area contributed by atoms with Gasteiger partial charge in [-0.05, 0) is 67.9 Å². The molecule has 33 heavy (non-hydrogen) atoms. The van der Waals surface area contributed by atoms with E-state index in [4.69, 9.17) is 11.6 Å². The third-order valence-electron chi connectivity index (χ3n) is 6.35. The number of thiophene rings is 1. The summed E-state index contributed by atoms with van der Waals surface area (Å²) in [6, 6.07) is 30.4. The van der Waals surface area contributed by atoms with Crippen LogP contribution in [0.5, 0.6) is 0 Å². The summed E-state index contributed by atoms with van der Waals surface area (Å²) in [7, 11) is 0. The summed E-state index contributed by atoms with van der Waals surface area (Å²) in [4.78, 5) is 0. The lowest BCUT2D eigenvalue weighted by atomic mass is 9.84. The predicted octanol–water partition coefficient (Wildman–Crippen LogP) is 10.5. The van der Waals surface area contributed by atoms with Crippen molar-refractivity contribution in [3.05, 3.63) is 111 Å². The molecule has 0 spiro atoms. The summed E-state index contributed by atoms with van der Waals surface area (Å²) in [6.07, 6.45) is 6.11. The number of hydrogen-bond acceptors (Lipinski definition) is 1. The van der Waals surface area contributed by atoms with E-state index >= 15 is 0 Å². The van der Waals surface area contributed by atoms with E-state index in [1.807, 2.05) is 11.3 Å². The standard InChI is InChI=1S/C30H20BrClS/c31-30-27(20-11-5-2-6-12-20)28-24-14-8-7-13-23(24)25(21-15-17-22(32)18-16-21)26(29(28)33-30)19-9-3-1-4-10-19/h1-15,17H,16,18H2. The van der Waals surface area contributed by atoms with Gasteiger partial charge in [-0.25, -0.2) is 0 Å². The van der Waals surface area contributed by atoms with E-state index in [0.717, 1.165) is 17.9 Å². The van der Waals surface area contributed by atoms with Gasteiger partial charge in [0.2, 0.25) is 0 Å². The van der Waals surface area contributed by atoms with Crippen LogP contribution in [-0.2, 0) is 0 Å². The van der Waals surface area contributed by atoms with Crippen LogP contribution in [-0.4, -0.2) is 0 Å². The number of benzene rings is 4. The first kappa shape index (κ1) is 20.9. The molecule has 160 valence electrons. The van der Waals surface area contributed by atoms with Crippen LogP contribution in [0.4, 0.5) is 0 Å². The summed E-state index contributed by atoms with van der Waals surface area (Å²) < 4.78 is 2.49. The Hall–Kier alpha value is -2.65. The van der Waals surface area contributed by atoms with Gasteiger partial charge in [-0.15, -0.1) is 11.3 Å². The zero-order chi connectivity index (χ0) is 22.4. The van der Waals surface area contributed by atoms with Gasteiger partial charge in [0.1, 0.15) is 0 Å². The minimum Gasteiger partial charge on any atom is -0.127 e. The molecule has 3 heteroatoms. The molecule has 4 aromatic carbocycles. The van der Waals surface area contributed by atoms with E-state index in [2.05, 4.69) is 113 Å². The molecule has 0 atom stereocenters. The van der Waals surface area contributed by atoms with Gasteiger partial charge in [0.25, 0.3) is 0 Å². The molecule has 1 heterocycles. The summed E-state index contributed by atoms with van der Waals surface area (Å²) >= 11 is 12.1. The van der Waals surface area contributed by atoms with Gasteiger partial charge in [0, 0.05) is 26.2 Å². The maximum Gasteiger partial charge on any atom is 0.0789 e. The van der Waals surface area contributed by atoms with Crippen molar-refractivity contribution in [3.8, 4) is 22.3 Å². The minimum atomic E-state index is 0.886. The average molecular weight is 528 g/mol. The Balaban J connectivity index is 1.83. The molecular formula is C30H20BrClS. The molecule has 0 nitrogen and oxygen atoms in total.